The molecule has 20 heavy (non-hydrogen) atoms. The maximum Gasteiger partial charge on any atom is 0.234 e. The number of nitrogens with zero attached hydrogens (tertiary/aromatic N) is 1. The van der Waals surface area contributed by atoms with Gasteiger partial charge in [-0.05, 0) is 18.2 Å². The second-order valence-corrected chi connectivity index (χ2v) is 7.80. The second kappa shape index (κ2) is 7.09. The molecule has 0 radical (unpaired) electrons. The molecule has 0 unspecified atom stereocenters. The molecule has 0 spiro atoms. The Morgan fingerprint density at radius 1 is 1.35 bits per heavy atom. The molecule has 2 rings (SSSR count). The van der Waals surface area contributed by atoms with Gasteiger partial charge in [0.15, 0.2) is 0 Å². The van der Waals surface area contributed by atoms with Crippen LogP contribution in [0.25, 0.3) is 0 Å². The summed E-state index contributed by atoms with van der Waals surface area (Å²) >= 11 is 9.29. The minimum atomic E-state index is -3.38. The zero-order valence-corrected chi connectivity index (χ0v) is 14.1. The lowest BCUT2D eigenvalue weighted by Crippen LogP contribution is -2.45. The molecule has 1 aliphatic rings. The first-order valence-corrected chi connectivity index (χ1v) is 9.17. The molecule has 0 aliphatic carbocycles. The van der Waals surface area contributed by atoms with Crippen LogP contribution in [-0.4, -0.2) is 51.8 Å². The maximum atomic E-state index is 12.1. The van der Waals surface area contributed by atoms with Crippen LogP contribution >= 0.6 is 27.5 Å². The SMILES string of the molecule is O=S(=O)(CCN1CCNCC1)Nc1ccc(Br)cc1Cl. The normalized spacial score (nSPS) is 17.1. The van der Waals surface area contributed by atoms with Crippen molar-refractivity contribution < 1.29 is 8.42 Å². The van der Waals surface area contributed by atoms with Crippen LogP contribution in [0.15, 0.2) is 22.7 Å². The maximum absolute atomic E-state index is 12.1. The number of hydrogen-bond acceptors (Lipinski definition) is 4. The molecule has 8 heteroatoms. The molecule has 1 saturated heterocycles. The fourth-order valence-corrected chi connectivity index (χ4v) is 3.87. The Hall–Kier alpha value is -0.340. The molecule has 5 nitrogen and oxygen atoms in total. The Balaban J connectivity index is 1.93. The third-order valence-corrected chi connectivity index (χ3v) is 5.14. The second-order valence-electron chi connectivity index (χ2n) is 4.64. The number of benzene rings is 1. The molecule has 1 aromatic rings. The highest BCUT2D eigenvalue weighted by Crippen LogP contribution is 2.26. The molecule has 0 atom stereocenters. The van der Waals surface area contributed by atoms with Gasteiger partial charge in [0.2, 0.25) is 10.0 Å². The molecule has 2 N–H and O–H groups in total. The predicted molar refractivity (Wildman–Crippen MR) is 85.9 cm³/mol. The van der Waals surface area contributed by atoms with Crippen molar-refractivity contribution in [1.82, 2.24) is 10.2 Å². The summed E-state index contributed by atoms with van der Waals surface area (Å²) in [7, 11) is -3.38. The first kappa shape index (κ1) is 16.0. The average molecular weight is 383 g/mol. The number of piperazine rings is 1. The smallest absolute Gasteiger partial charge is 0.234 e. The highest BCUT2D eigenvalue weighted by atomic mass is 79.9. The summed E-state index contributed by atoms with van der Waals surface area (Å²) < 4.78 is 27.5. The Morgan fingerprint density at radius 2 is 2.05 bits per heavy atom. The van der Waals surface area contributed by atoms with Gasteiger partial charge in [-0.25, -0.2) is 8.42 Å². The fraction of sp³-hybridized carbons (Fsp3) is 0.500. The van der Waals surface area contributed by atoms with Gasteiger partial charge in [-0.3, -0.25) is 9.62 Å². The van der Waals surface area contributed by atoms with Crippen LogP contribution in [-0.2, 0) is 10.0 Å². The molecule has 1 aromatic carbocycles. The molecule has 0 saturated carbocycles. The molecular formula is C12H17BrClN3O2S. The third kappa shape index (κ3) is 4.89. The van der Waals surface area contributed by atoms with Gasteiger partial charge in [0.05, 0.1) is 16.5 Å². The zero-order chi connectivity index (χ0) is 14.6. The summed E-state index contributed by atoms with van der Waals surface area (Å²) in [5, 5.41) is 3.62. The van der Waals surface area contributed by atoms with Gasteiger partial charge in [-0.15, -0.1) is 0 Å². The lowest BCUT2D eigenvalue weighted by Gasteiger charge is -2.26. The Kier molecular flexibility index (Phi) is 5.68. The fourth-order valence-electron chi connectivity index (χ4n) is 1.97. The van der Waals surface area contributed by atoms with Crippen LogP contribution in [0.4, 0.5) is 5.69 Å². The van der Waals surface area contributed by atoms with Gasteiger partial charge in [-0.1, -0.05) is 27.5 Å². The van der Waals surface area contributed by atoms with E-state index in [9.17, 15) is 8.42 Å². The minimum absolute atomic E-state index is 0.0688. The summed E-state index contributed by atoms with van der Waals surface area (Å²) in [6, 6.07) is 5.06. The van der Waals surface area contributed by atoms with Gasteiger partial charge < -0.3 is 5.32 Å². The summed E-state index contributed by atoms with van der Waals surface area (Å²) in [5.74, 6) is 0.0688. The van der Waals surface area contributed by atoms with Crippen molar-refractivity contribution in [3.8, 4) is 0 Å². The Morgan fingerprint density at radius 3 is 2.70 bits per heavy atom. The monoisotopic (exact) mass is 381 g/mol. The molecule has 0 amide bonds. The number of halogens is 2. The van der Waals surface area contributed by atoms with Crippen molar-refractivity contribution >= 4 is 43.2 Å². The number of anilines is 1. The van der Waals surface area contributed by atoms with Crippen LogP contribution in [0.2, 0.25) is 5.02 Å². The molecule has 1 heterocycles. The molecule has 0 aromatic heterocycles. The largest absolute Gasteiger partial charge is 0.314 e. The first-order chi connectivity index (χ1) is 9.46. The van der Waals surface area contributed by atoms with E-state index < -0.39 is 10.0 Å². The standard InChI is InChI=1S/C12H17BrClN3O2S/c13-10-1-2-12(11(14)9-10)16-20(18,19)8-7-17-5-3-15-4-6-17/h1-2,9,15-16H,3-8H2. The van der Waals surface area contributed by atoms with E-state index in [2.05, 4.69) is 30.9 Å². The van der Waals surface area contributed by atoms with Crippen molar-refractivity contribution in [2.45, 2.75) is 0 Å². The lowest BCUT2D eigenvalue weighted by molar-refractivity contribution is 0.254. The van der Waals surface area contributed by atoms with Gasteiger partial charge in [-0.2, -0.15) is 0 Å². The van der Waals surface area contributed by atoms with E-state index in [1.165, 1.54) is 0 Å². The van der Waals surface area contributed by atoms with Crippen LogP contribution in [0.5, 0.6) is 0 Å². The summed E-state index contributed by atoms with van der Waals surface area (Å²) in [6.07, 6.45) is 0. The quantitative estimate of drug-likeness (QED) is 0.814. The van der Waals surface area contributed by atoms with E-state index in [-0.39, 0.29) is 5.75 Å². The van der Waals surface area contributed by atoms with Crippen molar-refractivity contribution in [2.24, 2.45) is 0 Å². The average Bonchev–Trinajstić information content (AvgIpc) is 2.41. The van der Waals surface area contributed by atoms with E-state index in [0.717, 1.165) is 30.7 Å². The van der Waals surface area contributed by atoms with E-state index >= 15 is 0 Å². The highest BCUT2D eigenvalue weighted by molar-refractivity contribution is 9.10. The van der Waals surface area contributed by atoms with Gasteiger partial charge in [0.25, 0.3) is 0 Å². The van der Waals surface area contributed by atoms with E-state index in [0.29, 0.717) is 17.3 Å². The topological polar surface area (TPSA) is 61.4 Å². The van der Waals surface area contributed by atoms with E-state index in [1.54, 1.807) is 18.2 Å². The van der Waals surface area contributed by atoms with Crippen molar-refractivity contribution in [1.29, 1.82) is 0 Å². The number of rotatable bonds is 5. The Bertz CT molecular complexity index is 562. The summed E-state index contributed by atoms with van der Waals surface area (Å²) in [5.41, 5.74) is 0.412. The molecular weight excluding hydrogens is 366 g/mol. The highest BCUT2D eigenvalue weighted by Gasteiger charge is 2.16. The predicted octanol–water partition coefficient (Wildman–Crippen LogP) is 1.75. The van der Waals surface area contributed by atoms with Crippen LogP contribution in [0.1, 0.15) is 0 Å². The van der Waals surface area contributed by atoms with Gasteiger partial charge in [0, 0.05) is 37.2 Å². The molecule has 0 bridgehead atoms. The van der Waals surface area contributed by atoms with E-state index in [1.807, 2.05) is 0 Å². The third-order valence-electron chi connectivity index (χ3n) is 3.08. The van der Waals surface area contributed by atoms with Crippen LogP contribution in [0, 0.1) is 0 Å². The number of sulfonamides is 1. The summed E-state index contributed by atoms with van der Waals surface area (Å²) in [6.45, 7) is 4.12. The van der Waals surface area contributed by atoms with Gasteiger partial charge in [0.1, 0.15) is 0 Å². The summed E-state index contributed by atoms with van der Waals surface area (Å²) in [4.78, 5) is 2.14. The van der Waals surface area contributed by atoms with E-state index in [4.69, 9.17) is 11.6 Å². The number of nitrogens with one attached hydrogen (secondary N) is 2. The van der Waals surface area contributed by atoms with Crippen LogP contribution < -0.4 is 10.0 Å². The zero-order valence-electron chi connectivity index (χ0n) is 10.9. The van der Waals surface area contributed by atoms with Crippen molar-refractivity contribution in [3.63, 3.8) is 0 Å². The lowest BCUT2D eigenvalue weighted by atomic mass is 10.3. The Labute approximate surface area is 132 Å². The van der Waals surface area contributed by atoms with Crippen molar-refractivity contribution in [3.05, 3.63) is 27.7 Å². The number of hydrogen-bond donors (Lipinski definition) is 2. The van der Waals surface area contributed by atoms with Crippen molar-refractivity contribution in [2.75, 3.05) is 43.2 Å². The van der Waals surface area contributed by atoms with Crippen LogP contribution in [0.3, 0.4) is 0 Å². The molecule has 1 fully saturated rings. The molecule has 112 valence electrons. The minimum Gasteiger partial charge on any atom is -0.314 e. The first-order valence-electron chi connectivity index (χ1n) is 6.35. The van der Waals surface area contributed by atoms with Gasteiger partial charge >= 0.3 is 0 Å². The molecule has 1 aliphatic heterocycles.